The van der Waals surface area contributed by atoms with Gasteiger partial charge >= 0.3 is 5.97 Å². The first-order chi connectivity index (χ1) is 21.2. The second-order valence-electron chi connectivity index (χ2n) is 15.1. The molecular formula is C37H45N3O4. The number of nitrogens with one attached hydrogen (secondary N) is 1. The number of carbonyl (C=O) groups is 2. The van der Waals surface area contributed by atoms with Gasteiger partial charge < -0.3 is 24.3 Å². The van der Waals surface area contributed by atoms with Crippen LogP contribution in [0.3, 0.4) is 0 Å². The summed E-state index contributed by atoms with van der Waals surface area (Å²) >= 11 is 0. The van der Waals surface area contributed by atoms with Crippen LogP contribution in [0.15, 0.2) is 36.4 Å². The summed E-state index contributed by atoms with van der Waals surface area (Å²) in [7, 11) is 1.73. The van der Waals surface area contributed by atoms with Crippen molar-refractivity contribution in [3.05, 3.63) is 53.1 Å². The molecule has 4 aliphatic heterocycles. The molecule has 3 aromatic rings. The van der Waals surface area contributed by atoms with Crippen LogP contribution in [0.4, 0.5) is 0 Å². The maximum atomic E-state index is 14.8. The van der Waals surface area contributed by atoms with Crippen LogP contribution in [-0.2, 0) is 16.1 Å². The first kappa shape index (κ1) is 28.2. The van der Waals surface area contributed by atoms with Gasteiger partial charge in [-0.25, -0.2) is 4.79 Å². The fourth-order valence-electron chi connectivity index (χ4n) is 8.99. The monoisotopic (exact) mass is 595 g/mol. The molecule has 7 nitrogen and oxygen atoms in total. The summed E-state index contributed by atoms with van der Waals surface area (Å²) in [6, 6.07) is 13.3. The number of ether oxygens (including phenoxy) is 2. The Balaban J connectivity index is 1.33. The zero-order chi connectivity index (χ0) is 30.4. The molecule has 9 rings (SSSR count). The number of aromatic nitrogens is 1. The van der Waals surface area contributed by atoms with Crippen LogP contribution in [0.2, 0.25) is 0 Å². The normalized spacial score (nSPS) is 27.7. The van der Waals surface area contributed by atoms with Crippen LogP contribution in [0.1, 0.15) is 105 Å². The number of piperazine rings is 1. The highest BCUT2D eigenvalue weighted by Gasteiger charge is 2.64. The van der Waals surface area contributed by atoms with Gasteiger partial charge in [0.1, 0.15) is 11.4 Å². The van der Waals surface area contributed by atoms with Crippen molar-refractivity contribution >= 4 is 22.8 Å². The maximum absolute atomic E-state index is 14.8. The molecule has 1 amide bonds. The summed E-state index contributed by atoms with van der Waals surface area (Å²) in [6.07, 6.45) is 9.17. The number of methoxy groups -OCH3 is 1. The summed E-state index contributed by atoms with van der Waals surface area (Å²) in [5, 5.41) is 4.84. The topological polar surface area (TPSA) is 72.8 Å². The number of esters is 1. The van der Waals surface area contributed by atoms with Crippen molar-refractivity contribution in [2.75, 3.05) is 20.2 Å². The molecular weight excluding hydrogens is 550 g/mol. The molecule has 6 aliphatic rings. The number of amides is 1. The molecule has 2 aliphatic carbocycles. The number of fused-ring (bicyclic) bond motifs is 10. The quantitative estimate of drug-likeness (QED) is 0.337. The van der Waals surface area contributed by atoms with Crippen molar-refractivity contribution in [1.29, 1.82) is 0 Å². The highest BCUT2D eigenvalue weighted by Crippen LogP contribution is 2.66. The van der Waals surface area contributed by atoms with Crippen molar-refractivity contribution in [3.8, 4) is 17.0 Å². The predicted molar refractivity (Wildman–Crippen MR) is 171 cm³/mol. The molecule has 0 radical (unpaired) electrons. The van der Waals surface area contributed by atoms with Gasteiger partial charge in [0.05, 0.1) is 23.8 Å². The van der Waals surface area contributed by atoms with Gasteiger partial charge in [-0.3, -0.25) is 4.79 Å². The van der Waals surface area contributed by atoms with E-state index in [1.807, 2.05) is 32.9 Å². The lowest BCUT2D eigenvalue weighted by atomic mass is 9.81. The van der Waals surface area contributed by atoms with Gasteiger partial charge in [-0.05, 0) is 100 Å². The van der Waals surface area contributed by atoms with Crippen LogP contribution in [-0.4, -0.2) is 59.2 Å². The second-order valence-corrected chi connectivity index (χ2v) is 15.1. The zero-order valence-electron chi connectivity index (χ0n) is 26.6. The van der Waals surface area contributed by atoms with Crippen LogP contribution in [0, 0.1) is 5.41 Å². The van der Waals surface area contributed by atoms with E-state index >= 15 is 0 Å². The third-order valence-electron chi connectivity index (χ3n) is 11.2. The highest BCUT2D eigenvalue weighted by molar-refractivity contribution is 6.00. The largest absolute Gasteiger partial charge is 0.497 e. The lowest BCUT2D eigenvalue weighted by molar-refractivity contribution is -0.144. The smallest absolute Gasteiger partial charge is 0.338 e. The Morgan fingerprint density at radius 1 is 1.00 bits per heavy atom. The van der Waals surface area contributed by atoms with E-state index in [2.05, 4.69) is 39.0 Å². The van der Waals surface area contributed by atoms with Gasteiger partial charge in [-0.1, -0.05) is 25.3 Å². The van der Waals surface area contributed by atoms with Crippen molar-refractivity contribution in [1.82, 2.24) is 14.8 Å². The van der Waals surface area contributed by atoms with Crippen LogP contribution < -0.4 is 10.1 Å². The van der Waals surface area contributed by atoms with Crippen molar-refractivity contribution in [3.63, 3.8) is 0 Å². The Labute approximate surface area is 260 Å². The Morgan fingerprint density at radius 2 is 1.82 bits per heavy atom. The minimum absolute atomic E-state index is 0.150. The van der Waals surface area contributed by atoms with Gasteiger partial charge in [0.2, 0.25) is 5.91 Å². The number of carbonyl (C=O) groups excluding carboxylic acids is 2. The Bertz CT molecular complexity index is 1650. The fourth-order valence-corrected chi connectivity index (χ4v) is 8.99. The van der Waals surface area contributed by atoms with Gasteiger partial charge in [0, 0.05) is 54.1 Å². The standard InChI is InChI=1S/C37H45N3O4/c1-36(2,3)44-34(41)23-10-14-28-31(16-23)40-21-37(35(42)39-20-24-11-12-25(39)19-38-24)18-30(37)29-17-26(43-4)13-15-27(29)33(40)32(28)22-8-6-5-7-9-22/h10,13-17,22,24-25,30,38H,5-9,11-12,18-21H2,1-4H3/t24?,25?,30-,37-/m0/s1. The van der Waals surface area contributed by atoms with Gasteiger partial charge in [0.25, 0.3) is 0 Å². The molecule has 2 unspecified atom stereocenters. The number of nitrogens with zero attached hydrogens (tertiary/aromatic N) is 2. The summed E-state index contributed by atoms with van der Waals surface area (Å²) < 4.78 is 14.0. The van der Waals surface area contributed by atoms with E-state index in [-0.39, 0.29) is 17.9 Å². The highest BCUT2D eigenvalue weighted by atomic mass is 16.6. The maximum Gasteiger partial charge on any atom is 0.338 e. The lowest BCUT2D eigenvalue weighted by Gasteiger charge is -2.47. The minimum atomic E-state index is -0.576. The molecule has 2 saturated carbocycles. The van der Waals surface area contributed by atoms with E-state index < -0.39 is 11.0 Å². The molecule has 0 spiro atoms. The molecule has 1 aromatic heterocycles. The fraction of sp³-hybridized carbons (Fsp3) is 0.568. The van der Waals surface area contributed by atoms with E-state index in [1.54, 1.807) is 7.11 Å². The number of rotatable bonds is 4. The Morgan fingerprint density at radius 3 is 2.50 bits per heavy atom. The summed E-state index contributed by atoms with van der Waals surface area (Å²) in [5.74, 6) is 1.45. The number of hydrogen-bond donors (Lipinski definition) is 1. The minimum Gasteiger partial charge on any atom is -0.497 e. The van der Waals surface area contributed by atoms with E-state index in [0.717, 1.165) is 43.6 Å². The molecule has 44 heavy (non-hydrogen) atoms. The Hall–Kier alpha value is -3.32. The first-order valence-electron chi connectivity index (χ1n) is 16.8. The third kappa shape index (κ3) is 4.40. The van der Waals surface area contributed by atoms with Crippen LogP contribution in [0.25, 0.3) is 22.2 Å². The van der Waals surface area contributed by atoms with Crippen molar-refractivity contribution in [2.45, 2.75) is 108 Å². The summed E-state index contributed by atoms with van der Waals surface area (Å²) in [4.78, 5) is 30.3. The molecule has 4 atom stereocenters. The molecule has 5 heterocycles. The lowest BCUT2D eigenvalue weighted by Crippen LogP contribution is -2.63. The third-order valence-corrected chi connectivity index (χ3v) is 11.2. The SMILES string of the molecule is COc1ccc2c(c1)[C@@H]1C[C@]1(C(=O)N1CC3CCC1CN3)Cn1c-2c(C2CCCCC2)c2ccc(C(=O)OC(C)(C)C)cc21. The number of piperidine rings is 2. The van der Waals surface area contributed by atoms with E-state index in [9.17, 15) is 9.59 Å². The van der Waals surface area contributed by atoms with E-state index in [0.29, 0.717) is 30.0 Å². The average molecular weight is 596 g/mol. The average Bonchev–Trinajstić information content (AvgIpc) is 3.70. The zero-order valence-corrected chi connectivity index (χ0v) is 26.6. The van der Waals surface area contributed by atoms with Crippen molar-refractivity contribution in [2.24, 2.45) is 5.41 Å². The summed E-state index contributed by atoms with van der Waals surface area (Å²) in [6.45, 7) is 8.05. The molecule has 1 N–H and O–H groups in total. The Kier molecular flexibility index (Phi) is 6.47. The molecule has 3 saturated heterocycles. The number of benzene rings is 2. The van der Waals surface area contributed by atoms with Crippen molar-refractivity contribution < 1.29 is 19.1 Å². The first-order valence-corrected chi connectivity index (χ1v) is 16.8. The molecule has 232 valence electrons. The van der Waals surface area contributed by atoms with Crippen LogP contribution >= 0.6 is 0 Å². The molecule has 2 aromatic carbocycles. The molecule has 7 heteroatoms. The molecule has 5 fully saturated rings. The predicted octanol–water partition coefficient (Wildman–Crippen LogP) is 6.77. The summed E-state index contributed by atoms with van der Waals surface area (Å²) in [5.41, 5.74) is 5.64. The number of hydrogen-bond acceptors (Lipinski definition) is 5. The van der Waals surface area contributed by atoms with E-state index in [4.69, 9.17) is 9.47 Å². The van der Waals surface area contributed by atoms with Gasteiger partial charge in [-0.2, -0.15) is 0 Å². The second kappa shape index (κ2) is 10.1. The van der Waals surface area contributed by atoms with Gasteiger partial charge in [-0.15, -0.1) is 0 Å². The van der Waals surface area contributed by atoms with Gasteiger partial charge in [0.15, 0.2) is 0 Å². The molecule has 2 bridgehead atoms. The van der Waals surface area contributed by atoms with Crippen LogP contribution in [0.5, 0.6) is 5.75 Å². The van der Waals surface area contributed by atoms with E-state index in [1.165, 1.54) is 59.9 Å².